The smallest absolute Gasteiger partial charge is 0.269 e. The fourth-order valence-electron chi connectivity index (χ4n) is 3.66. The minimum Gasteiger partial charge on any atom is -0.411 e. The van der Waals surface area contributed by atoms with Crippen LogP contribution in [0.3, 0.4) is 0 Å². The summed E-state index contributed by atoms with van der Waals surface area (Å²) < 4.78 is 0. The Bertz CT molecular complexity index is 640. The zero-order chi connectivity index (χ0) is 17.4. The van der Waals surface area contributed by atoms with E-state index in [1.807, 2.05) is 27.7 Å². The second kappa shape index (κ2) is 5.90. The van der Waals surface area contributed by atoms with Crippen molar-refractivity contribution in [3.05, 3.63) is 39.9 Å². The van der Waals surface area contributed by atoms with Crippen molar-refractivity contribution in [1.29, 1.82) is 0 Å². The Morgan fingerprint density at radius 2 is 2.04 bits per heavy atom. The number of piperidine rings is 1. The molecule has 1 aliphatic rings. The maximum Gasteiger partial charge on any atom is 0.269 e. The summed E-state index contributed by atoms with van der Waals surface area (Å²) >= 11 is 0. The topological polar surface area (TPSA) is 108 Å². The normalized spacial score (nSPS) is 26.0. The Morgan fingerprint density at radius 3 is 2.61 bits per heavy atom. The number of nitrogens with one attached hydrogen (secondary N) is 1. The molecule has 0 amide bonds. The molecule has 2 unspecified atom stereocenters. The van der Waals surface area contributed by atoms with Crippen molar-refractivity contribution in [3.63, 3.8) is 0 Å². The van der Waals surface area contributed by atoms with Crippen molar-refractivity contribution in [2.24, 2.45) is 11.1 Å². The van der Waals surface area contributed by atoms with Gasteiger partial charge in [-0.15, -0.1) is 0 Å². The second-order valence-electron chi connectivity index (χ2n) is 7.27. The molecule has 7 nitrogen and oxygen atoms in total. The van der Waals surface area contributed by atoms with E-state index >= 15 is 0 Å². The Balaban J connectivity index is 2.42. The summed E-state index contributed by atoms with van der Waals surface area (Å²) in [6.45, 7) is 7.83. The van der Waals surface area contributed by atoms with E-state index in [1.165, 1.54) is 12.1 Å². The van der Waals surface area contributed by atoms with Gasteiger partial charge in [0.05, 0.1) is 16.7 Å². The van der Waals surface area contributed by atoms with Gasteiger partial charge < -0.3 is 15.6 Å². The maximum absolute atomic E-state index is 10.9. The number of rotatable bonds is 3. The Hall–Kier alpha value is -1.99. The molecule has 126 valence electrons. The van der Waals surface area contributed by atoms with Crippen molar-refractivity contribution in [2.75, 3.05) is 0 Å². The zero-order valence-corrected chi connectivity index (χ0v) is 13.8. The molecule has 0 aliphatic carbocycles. The van der Waals surface area contributed by atoms with E-state index in [4.69, 9.17) is 0 Å². The molecule has 0 spiro atoms. The lowest BCUT2D eigenvalue weighted by Gasteiger charge is -2.49. The molecule has 1 aliphatic heterocycles. The van der Waals surface area contributed by atoms with E-state index in [9.17, 15) is 20.4 Å². The summed E-state index contributed by atoms with van der Waals surface area (Å²) in [7, 11) is 0. The molecule has 0 aromatic heterocycles. The van der Waals surface area contributed by atoms with Gasteiger partial charge in [-0.1, -0.05) is 17.3 Å². The fourth-order valence-corrected chi connectivity index (χ4v) is 3.66. The third kappa shape index (κ3) is 3.51. The van der Waals surface area contributed by atoms with Crippen LogP contribution in [0.5, 0.6) is 0 Å². The molecular weight excluding hydrogens is 298 g/mol. The van der Waals surface area contributed by atoms with Crippen molar-refractivity contribution in [3.8, 4) is 0 Å². The molecule has 1 heterocycles. The molecule has 1 aromatic rings. The van der Waals surface area contributed by atoms with E-state index in [0.29, 0.717) is 17.7 Å². The molecule has 1 fully saturated rings. The number of hydrogen-bond donors (Lipinski definition) is 3. The number of oxime groups is 1. The van der Waals surface area contributed by atoms with Crippen LogP contribution in [0.4, 0.5) is 5.69 Å². The lowest BCUT2D eigenvalue weighted by molar-refractivity contribution is -0.385. The first-order valence-corrected chi connectivity index (χ1v) is 7.50. The Kier molecular flexibility index (Phi) is 4.45. The van der Waals surface area contributed by atoms with Crippen LogP contribution in [0.1, 0.15) is 45.8 Å². The zero-order valence-electron chi connectivity index (χ0n) is 13.8. The van der Waals surface area contributed by atoms with Crippen LogP contribution < -0.4 is 5.32 Å². The van der Waals surface area contributed by atoms with Gasteiger partial charge in [0.1, 0.15) is 0 Å². The molecule has 23 heavy (non-hydrogen) atoms. The second-order valence-corrected chi connectivity index (χ2v) is 7.27. The van der Waals surface area contributed by atoms with Crippen LogP contribution in [-0.2, 0) is 0 Å². The Morgan fingerprint density at radius 1 is 1.39 bits per heavy atom. The predicted molar refractivity (Wildman–Crippen MR) is 86.7 cm³/mol. The number of benzene rings is 1. The molecule has 1 saturated heterocycles. The van der Waals surface area contributed by atoms with Crippen molar-refractivity contribution >= 4 is 11.4 Å². The van der Waals surface area contributed by atoms with Gasteiger partial charge in [-0.3, -0.25) is 10.1 Å². The molecule has 2 atom stereocenters. The summed E-state index contributed by atoms with van der Waals surface area (Å²) in [5, 5.41) is 38.0. The minimum atomic E-state index is -1.01. The summed E-state index contributed by atoms with van der Waals surface area (Å²) in [5.41, 5.74) is 0.0146. The lowest BCUT2D eigenvalue weighted by atomic mass is 9.69. The molecule has 1 aromatic carbocycles. The third-order valence-corrected chi connectivity index (χ3v) is 4.29. The van der Waals surface area contributed by atoms with Crippen LogP contribution >= 0.6 is 0 Å². The molecule has 0 radical (unpaired) electrons. The molecule has 0 saturated carbocycles. The lowest BCUT2D eigenvalue weighted by Crippen LogP contribution is -2.64. The maximum atomic E-state index is 10.9. The highest BCUT2D eigenvalue weighted by Gasteiger charge is 2.47. The number of nitro benzene ring substituents is 1. The van der Waals surface area contributed by atoms with Crippen molar-refractivity contribution in [1.82, 2.24) is 5.32 Å². The minimum absolute atomic E-state index is 0.0778. The number of non-ortho nitro benzene ring substituents is 1. The van der Waals surface area contributed by atoms with E-state index in [-0.39, 0.29) is 11.2 Å². The standard InChI is InChI=1S/C16H23N3O4/c1-15(2)9-12(17-21)13(16(3,4)18-15)14(20)10-6-5-7-11(8-10)19(22)23/h5-8,13-14,18,20-21H,9H2,1-4H3/b17-12-. The molecule has 2 rings (SSSR count). The average molecular weight is 321 g/mol. The van der Waals surface area contributed by atoms with Gasteiger partial charge in [0.15, 0.2) is 0 Å². The van der Waals surface area contributed by atoms with Crippen LogP contribution in [0.15, 0.2) is 29.4 Å². The van der Waals surface area contributed by atoms with E-state index in [1.54, 1.807) is 12.1 Å². The SMILES string of the molecule is CC1(C)C/C(=N/O)C(C(O)c2cccc([N+](=O)[O-])c2)C(C)(C)N1. The highest BCUT2D eigenvalue weighted by Crippen LogP contribution is 2.39. The molecule has 3 N–H and O–H groups in total. The summed E-state index contributed by atoms with van der Waals surface area (Å²) in [6, 6.07) is 5.92. The van der Waals surface area contributed by atoms with Gasteiger partial charge in [-0.25, -0.2) is 0 Å². The summed E-state index contributed by atoms with van der Waals surface area (Å²) in [5.74, 6) is -0.498. The first-order chi connectivity index (χ1) is 10.6. The number of aliphatic hydroxyl groups excluding tert-OH is 1. The van der Waals surface area contributed by atoms with Gasteiger partial charge in [0, 0.05) is 35.5 Å². The highest BCUT2D eigenvalue weighted by atomic mass is 16.6. The largest absolute Gasteiger partial charge is 0.411 e. The van der Waals surface area contributed by atoms with Crippen molar-refractivity contribution < 1.29 is 15.2 Å². The van der Waals surface area contributed by atoms with Gasteiger partial charge in [0.2, 0.25) is 0 Å². The van der Waals surface area contributed by atoms with Gasteiger partial charge in [-0.05, 0) is 33.3 Å². The highest BCUT2D eigenvalue weighted by molar-refractivity contribution is 5.90. The number of hydrogen-bond acceptors (Lipinski definition) is 6. The quantitative estimate of drug-likeness (QED) is 0.450. The summed E-state index contributed by atoms with van der Waals surface area (Å²) in [6.07, 6.45) is -0.539. The monoisotopic (exact) mass is 321 g/mol. The molecule has 7 heteroatoms. The molecular formula is C16H23N3O4. The average Bonchev–Trinajstić information content (AvgIpc) is 2.43. The van der Waals surface area contributed by atoms with Gasteiger partial charge >= 0.3 is 0 Å². The van der Waals surface area contributed by atoms with E-state index in [0.717, 1.165) is 0 Å². The fraction of sp³-hybridized carbons (Fsp3) is 0.562. The summed E-state index contributed by atoms with van der Waals surface area (Å²) in [4.78, 5) is 10.4. The van der Waals surface area contributed by atoms with Crippen LogP contribution in [0.25, 0.3) is 0 Å². The van der Waals surface area contributed by atoms with Crippen LogP contribution in [-0.4, -0.2) is 32.0 Å². The predicted octanol–water partition coefficient (Wildman–Crippen LogP) is 2.63. The Labute approximate surface area is 135 Å². The van der Waals surface area contributed by atoms with Gasteiger partial charge in [0.25, 0.3) is 5.69 Å². The third-order valence-electron chi connectivity index (χ3n) is 4.29. The van der Waals surface area contributed by atoms with E-state index < -0.39 is 22.5 Å². The van der Waals surface area contributed by atoms with Crippen LogP contribution in [0.2, 0.25) is 0 Å². The van der Waals surface area contributed by atoms with Gasteiger partial charge in [-0.2, -0.15) is 0 Å². The first-order valence-electron chi connectivity index (χ1n) is 7.50. The van der Waals surface area contributed by atoms with Crippen LogP contribution in [0, 0.1) is 16.0 Å². The van der Waals surface area contributed by atoms with E-state index in [2.05, 4.69) is 10.5 Å². The number of aliphatic hydroxyl groups is 1. The number of nitro groups is 1. The molecule has 0 bridgehead atoms. The number of nitrogens with zero attached hydrogens (tertiary/aromatic N) is 2. The first kappa shape index (κ1) is 17.4. The van der Waals surface area contributed by atoms with Crippen molar-refractivity contribution in [2.45, 2.75) is 51.3 Å².